The number of likely N-dealkylation sites (tertiary alicyclic amines) is 2. The van der Waals surface area contributed by atoms with Crippen LogP contribution in [-0.4, -0.2) is 96.6 Å². The van der Waals surface area contributed by atoms with E-state index in [4.69, 9.17) is 0 Å². The third-order valence-corrected chi connectivity index (χ3v) is 7.91. The fourth-order valence-electron chi connectivity index (χ4n) is 6.08. The quantitative estimate of drug-likeness (QED) is 0.677. The molecule has 0 atom stereocenters. The maximum absolute atomic E-state index is 2.82. The molecule has 1 saturated carbocycles. The van der Waals surface area contributed by atoms with Crippen molar-refractivity contribution in [1.82, 2.24) is 19.6 Å². The van der Waals surface area contributed by atoms with E-state index in [9.17, 15) is 0 Å². The van der Waals surface area contributed by atoms with Crippen LogP contribution in [0.5, 0.6) is 0 Å². The zero-order chi connectivity index (χ0) is 19.0. The standard InChI is InChI=1S/C23H44N4/c1-19(2)15-23(7-8-23)18-24-16-22(17-24)26-9-5-21(6-10-26)27-13-11-25(12-14-27)20(3)4/h19-22H,5-18H2,1-4H3. The molecule has 4 heteroatoms. The van der Waals surface area contributed by atoms with Crippen LogP contribution >= 0.6 is 0 Å². The zero-order valence-electron chi connectivity index (χ0n) is 18.5. The molecule has 3 saturated heterocycles. The summed E-state index contributed by atoms with van der Waals surface area (Å²) >= 11 is 0. The van der Waals surface area contributed by atoms with E-state index >= 15 is 0 Å². The van der Waals surface area contributed by atoms with Crippen LogP contribution in [0.25, 0.3) is 0 Å². The number of nitrogens with zero attached hydrogens (tertiary/aromatic N) is 4. The Morgan fingerprint density at radius 3 is 1.89 bits per heavy atom. The van der Waals surface area contributed by atoms with Crippen LogP contribution in [0.2, 0.25) is 0 Å². The van der Waals surface area contributed by atoms with E-state index < -0.39 is 0 Å². The van der Waals surface area contributed by atoms with Gasteiger partial charge in [-0.2, -0.15) is 0 Å². The smallest absolute Gasteiger partial charge is 0.0350 e. The summed E-state index contributed by atoms with van der Waals surface area (Å²) in [6.45, 7) is 21.3. The van der Waals surface area contributed by atoms with Crippen molar-refractivity contribution in [3.05, 3.63) is 0 Å². The molecule has 4 fully saturated rings. The second-order valence-electron chi connectivity index (χ2n) is 10.9. The molecule has 27 heavy (non-hydrogen) atoms. The maximum Gasteiger partial charge on any atom is 0.0350 e. The average Bonchev–Trinajstić information content (AvgIpc) is 3.37. The maximum atomic E-state index is 2.82. The van der Waals surface area contributed by atoms with Gasteiger partial charge >= 0.3 is 0 Å². The van der Waals surface area contributed by atoms with E-state index in [0.29, 0.717) is 11.5 Å². The van der Waals surface area contributed by atoms with Gasteiger partial charge in [-0.05, 0) is 57.3 Å². The van der Waals surface area contributed by atoms with Crippen LogP contribution in [0.15, 0.2) is 0 Å². The lowest BCUT2D eigenvalue weighted by Crippen LogP contribution is -2.63. The van der Waals surface area contributed by atoms with Gasteiger partial charge in [-0.1, -0.05) is 13.8 Å². The van der Waals surface area contributed by atoms with Gasteiger partial charge in [-0.15, -0.1) is 0 Å². The van der Waals surface area contributed by atoms with Crippen molar-refractivity contribution < 1.29 is 0 Å². The molecule has 0 bridgehead atoms. The van der Waals surface area contributed by atoms with Crippen molar-refractivity contribution in [2.75, 3.05) is 58.9 Å². The van der Waals surface area contributed by atoms with Gasteiger partial charge in [0.05, 0.1) is 0 Å². The Balaban J connectivity index is 1.14. The fourth-order valence-corrected chi connectivity index (χ4v) is 6.08. The van der Waals surface area contributed by atoms with E-state index in [1.54, 1.807) is 0 Å². The molecule has 156 valence electrons. The molecule has 3 aliphatic heterocycles. The van der Waals surface area contributed by atoms with Gasteiger partial charge in [0.25, 0.3) is 0 Å². The van der Waals surface area contributed by atoms with Crippen LogP contribution in [0.3, 0.4) is 0 Å². The van der Waals surface area contributed by atoms with Gasteiger partial charge in [-0.3, -0.25) is 19.6 Å². The third kappa shape index (κ3) is 4.88. The first-order valence-corrected chi connectivity index (χ1v) is 11.9. The van der Waals surface area contributed by atoms with Gasteiger partial charge < -0.3 is 0 Å². The summed E-state index contributed by atoms with van der Waals surface area (Å²) in [5, 5.41) is 0. The molecular formula is C23H44N4. The average molecular weight is 377 g/mol. The topological polar surface area (TPSA) is 13.0 Å². The van der Waals surface area contributed by atoms with Crippen molar-refractivity contribution in [2.24, 2.45) is 11.3 Å². The van der Waals surface area contributed by atoms with Gasteiger partial charge in [0.2, 0.25) is 0 Å². The van der Waals surface area contributed by atoms with Gasteiger partial charge in [0, 0.05) is 77.0 Å². The highest BCUT2D eigenvalue weighted by Crippen LogP contribution is 2.51. The minimum atomic E-state index is 0.713. The van der Waals surface area contributed by atoms with E-state index in [-0.39, 0.29) is 0 Å². The van der Waals surface area contributed by atoms with Crippen LogP contribution < -0.4 is 0 Å². The lowest BCUT2D eigenvalue weighted by Gasteiger charge is -2.50. The summed E-state index contributed by atoms with van der Waals surface area (Å²) in [7, 11) is 0. The summed E-state index contributed by atoms with van der Waals surface area (Å²) in [4.78, 5) is 11.0. The first-order chi connectivity index (χ1) is 12.9. The highest BCUT2D eigenvalue weighted by molar-refractivity contribution is 5.00. The molecule has 0 aromatic carbocycles. The molecular weight excluding hydrogens is 332 g/mol. The molecule has 4 aliphatic rings. The minimum absolute atomic E-state index is 0.713. The Kier molecular flexibility index (Phi) is 6.18. The Morgan fingerprint density at radius 1 is 0.778 bits per heavy atom. The number of hydrogen-bond donors (Lipinski definition) is 0. The van der Waals surface area contributed by atoms with E-state index in [1.807, 2.05) is 0 Å². The Bertz CT molecular complexity index is 465. The van der Waals surface area contributed by atoms with Gasteiger partial charge in [0.15, 0.2) is 0 Å². The third-order valence-electron chi connectivity index (χ3n) is 7.91. The van der Waals surface area contributed by atoms with Crippen LogP contribution in [0.1, 0.15) is 59.8 Å². The molecule has 4 rings (SSSR count). The van der Waals surface area contributed by atoms with Crippen molar-refractivity contribution in [2.45, 2.75) is 77.9 Å². The number of piperidine rings is 1. The van der Waals surface area contributed by atoms with Crippen molar-refractivity contribution >= 4 is 0 Å². The van der Waals surface area contributed by atoms with Crippen molar-refractivity contribution in [1.29, 1.82) is 0 Å². The minimum Gasteiger partial charge on any atom is -0.300 e. The highest BCUT2D eigenvalue weighted by Gasteiger charge is 2.46. The lowest BCUT2D eigenvalue weighted by molar-refractivity contribution is -0.0127. The summed E-state index contributed by atoms with van der Waals surface area (Å²) in [5.41, 5.74) is 0.713. The molecule has 3 heterocycles. The van der Waals surface area contributed by atoms with Crippen molar-refractivity contribution in [3.8, 4) is 0 Å². The molecule has 1 aliphatic carbocycles. The van der Waals surface area contributed by atoms with Crippen molar-refractivity contribution in [3.63, 3.8) is 0 Å². The second kappa shape index (κ2) is 8.30. The fraction of sp³-hybridized carbons (Fsp3) is 1.00. The Hall–Kier alpha value is -0.160. The molecule has 0 N–H and O–H groups in total. The van der Waals surface area contributed by atoms with E-state index in [1.165, 1.54) is 91.0 Å². The molecule has 0 amide bonds. The Morgan fingerprint density at radius 2 is 1.37 bits per heavy atom. The largest absolute Gasteiger partial charge is 0.300 e. The van der Waals surface area contributed by atoms with Crippen LogP contribution in [-0.2, 0) is 0 Å². The number of rotatable bonds is 7. The summed E-state index contributed by atoms with van der Waals surface area (Å²) in [6, 6.07) is 2.43. The molecule has 0 aromatic rings. The van der Waals surface area contributed by atoms with E-state index in [2.05, 4.69) is 47.3 Å². The van der Waals surface area contributed by atoms with Crippen LogP contribution in [0, 0.1) is 11.3 Å². The monoisotopic (exact) mass is 376 g/mol. The van der Waals surface area contributed by atoms with Crippen LogP contribution in [0.4, 0.5) is 0 Å². The Labute approximate surface area is 168 Å². The first-order valence-electron chi connectivity index (χ1n) is 11.9. The predicted molar refractivity (Wildman–Crippen MR) is 114 cm³/mol. The molecule has 0 spiro atoms. The summed E-state index contributed by atoms with van der Waals surface area (Å²) in [6.07, 6.45) is 7.22. The number of piperazine rings is 1. The molecule has 0 aromatic heterocycles. The van der Waals surface area contributed by atoms with Gasteiger partial charge in [0.1, 0.15) is 0 Å². The number of hydrogen-bond acceptors (Lipinski definition) is 4. The predicted octanol–water partition coefficient (Wildman–Crippen LogP) is 2.99. The molecule has 0 unspecified atom stereocenters. The zero-order valence-corrected chi connectivity index (χ0v) is 18.5. The second-order valence-corrected chi connectivity index (χ2v) is 10.9. The normalized spacial score (nSPS) is 29.6. The van der Waals surface area contributed by atoms with Gasteiger partial charge in [-0.25, -0.2) is 0 Å². The summed E-state index contributed by atoms with van der Waals surface area (Å²) in [5.74, 6) is 0.867. The lowest BCUT2D eigenvalue weighted by atomic mass is 9.91. The molecule has 4 nitrogen and oxygen atoms in total. The van der Waals surface area contributed by atoms with E-state index in [0.717, 1.165) is 18.0 Å². The SMILES string of the molecule is CC(C)CC1(CN2CC(N3CCC(N4CCN(C(C)C)CC4)CC3)C2)CC1. The first kappa shape index (κ1) is 20.1. The molecule has 0 radical (unpaired) electrons. The highest BCUT2D eigenvalue weighted by atomic mass is 15.3. The summed E-state index contributed by atoms with van der Waals surface area (Å²) < 4.78 is 0.